The molecule has 0 aliphatic carbocycles. The number of Topliss-reactive ketones (excluding diaryl/α,β-unsaturated/α-hetero) is 2. The summed E-state index contributed by atoms with van der Waals surface area (Å²) in [6, 6.07) is -1.71. The van der Waals surface area contributed by atoms with Gasteiger partial charge in [-0.1, -0.05) is 85.5 Å². The Morgan fingerprint density at radius 2 is 1.31 bits per heavy atom. The monoisotopic (exact) mass is 713 g/mol. The minimum Gasteiger partial charge on any atom is -0.381 e. The topological polar surface area (TPSA) is 188 Å². The average Bonchev–Trinajstić information content (AvgIpc) is 3.82. The van der Waals surface area contributed by atoms with Gasteiger partial charge in [0.2, 0.25) is 17.7 Å². The van der Waals surface area contributed by atoms with Crippen LogP contribution >= 0.6 is 0 Å². The second kappa shape index (κ2) is 25.1. The molecule has 2 aromatic rings. The lowest BCUT2D eigenvalue weighted by Crippen LogP contribution is -2.48. The number of hydrogen-bond acceptors (Lipinski definition) is 8. The number of nitrogens with zero attached hydrogens (tertiary/aromatic N) is 2. The van der Waals surface area contributed by atoms with Crippen molar-refractivity contribution in [3.05, 3.63) is 36.4 Å². The fourth-order valence-corrected chi connectivity index (χ4v) is 6.03. The number of amides is 3. The third kappa shape index (κ3) is 17.8. The van der Waals surface area contributed by atoms with E-state index in [1.807, 2.05) is 13.8 Å². The Labute approximate surface area is 304 Å². The smallest absolute Gasteiger partial charge is 0.223 e. The molecule has 0 aliphatic heterocycles. The van der Waals surface area contributed by atoms with Crippen molar-refractivity contribution in [2.45, 2.75) is 136 Å². The third-order valence-electron chi connectivity index (χ3n) is 9.17. The highest BCUT2D eigenvalue weighted by molar-refractivity contribution is 5.95. The summed E-state index contributed by atoms with van der Waals surface area (Å²) in [6.45, 7) is 8.36. The van der Waals surface area contributed by atoms with Crippen LogP contribution < -0.4 is 16.0 Å². The number of ether oxygens (including phenoxy) is 1. The largest absolute Gasteiger partial charge is 0.381 e. The summed E-state index contributed by atoms with van der Waals surface area (Å²) in [5.74, 6) is -3.28. The third-order valence-corrected chi connectivity index (χ3v) is 9.17. The van der Waals surface area contributed by atoms with Crippen LogP contribution in [0.1, 0.15) is 123 Å². The number of unbranched alkanes of at least 4 members (excludes halogenated alkanes) is 9. The summed E-state index contributed by atoms with van der Waals surface area (Å²) in [5, 5.41) is 8.26. The van der Waals surface area contributed by atoms with Gasteiger partial charge in [0.25, 0.3) is 0 Å². The van der Waals surface area contributed by atoms with Gasteiger partial charge < -0.3 is 30.7 Å². The number of ketones is 2. The first-order valence-electron chi connectivity index (χ1n) is 18.9. The zero-order valence-electron chi connectivity index (χ0n) is 31.6. The lowest BCUT2D eigenvalue weighted by Gasteiger charge is -2.25. The van der Waals surface area contributed by atoms with Crippen LogP contribution in [-0.4, -0.2) is 81.6 Å². The molecule has 13 nitrogen and oxygen atoms in total. The molecule has 5 N–H and O–H groups in total. The van der Waals surface area contributed by atoms with Crippen molar-refractivity contribution in [3.8, 4) is 0 Å². The lowest BCUT2D eigenvalue weighted by molar-refractivity contribution is -0.135. The summed E-state index contributed by atoms with van der Waals surface area (Å²) in [7, 11) is 1.52. The fourth-order valence-electron chi connectivity index (χ4n) is 6.03. The molecule has 0 saturated heterocycles. The van der Waals surface area contributed by atoms with Crippen molar-refractivity contribution in [2.24, 2.45) is 17.8 Å². The van der Waals surface area contributed by atoms with Gasteiger partial charge in [-0.15, -0.1) is 0 Å². The summed E-state index contributed by atoms with van der Waals surface area (Å²) in [4.78, 5) is 79.6. The molecule has 4 atom stereocenters. The molecule has 2 rings (SSSR count). The maximum absolute atomic E-state index is 13.5. The van der Waals surface area contributed by atoms with E-state index >= 15 is 0 Å². The van der Waals surface area contributed by atoms with Gasteiger partial charge in [-0.3, -0.25) is 24.0 Å². The van der Waals surface area contributed by atoms with Crippen molar-refractivity contribution in [1.29, 1.82) is 0 Å². The number of aromatic amines is 2. The first-order chi connectivity index (χ1) is 24.5. The maximum Gasteiger partial charge on any atom is 0.223 e. The van der Waals surface area contributed by atoms with E-state index in [2.05, 4.69) is 42.8 Å². The van der Waals surface area contributed by atoms with Crippen molar-refractivity contribution >= 4 is 29.3 Å². The Morgan fingerprint density at radius 3 is 1.86 bits per heavy atom. The molecule has 0 spiro atoms. The summed E-state index contributed by atoms with van der Waals surface area (Å²) >= 11 is 0. The van der Waals surface area contributed by atoms with E-state index in [1.54, 1.807) is 19.3 Å². The second-order valence-corrected chi connectivity index (χ2v) is 14.0. The molecular weight excluding hydrogens is 650 g/mol. The summed E-state index contributed by atoms with van der Waals surface area (Å²) in [5.41, 5.74) is 1.40. The van der Waals surface area contributed by atoms with Crippen LogP contribution in [0.25, 0.3) is 0 Å². The predicted molar refractivity (Wildman–Crippen MR) is 197 cm³/mol. The highest BCUT2D eigenvalue weighted by Crippen LogP contribution is 2.17. The van der Waals surface area contributed by atoms with E-state index in [9.17, 15) is 24.0 Å². The van der Waals surface area contributed by atoms with Gasteiger partial charge in [-0.2, -0.15) is 0 Å². The molecule has 0 bridgehead atoms. The van der Waals surface area contributed by atoms with Crippen LogP contribution in [0.2, 0.25) is 0 Å². The Bertz CT molecular complexity index is 1280. The van der Waals surface area contributed by atoms with Gasteiger partial charge in [-0.25, -0.2) is 9.97 Å². The predicted octanol–water partition coefficient (Wildman–Crippen LogP) is 4.79. The average molecular weight is 714 g/mol. The van der Waals surface area contributed by atoms with E-state index in [0.29, 0.717) is 18.7 Å². The van der Waals surface area contributed by atoms with Crippen LogP contribution in [0.4, 0.5) is 0 Å². The molecule has 2 aromatic heterocycles. The SMILES string of the molecule is CCCCCCCCCCCCOCCC(=O)N[C@@H](Cc1cnc[nH]1)C(=O)C[C@@H](C)C(=O)N[C@H](C(=O)C[C@@H](Cc1cnc[nH]1)C(=O)NC)C(C)C. The Hall–Kier alpha value is -3.87. The first kappa shape index (κ1) is 43.3. The second-order valence-electron chi connectivity index (χ2n) is 14.0. The standard InChI is InChI=1S/C38H63N7O6/c1-6-7-8-9-10-11-12-13-14-15-17-51-18-16-35(48)44-32(22-31-24-41-26-43-31)33(46)19-28(4)37(49)45-36(27(2)3)34(47)21-29(38(50)39-5)20-30-23-40-25-42-30/h23-29,32,36H,6-22H2,1-5H3,(H,39,50)(H,40,42)(H,41,43)(H,44,48)(H,45,49)/t28-,29-,32+,36+/m1/s1. The van der Waals surface area contributed by atoms with E-state index in [-0.39, 0.29) is 61.6 Å². The minimum absolute atomic E-state index is 0.0730. The van der Waals surface area contributed by atoms with Gasteiger partial charge in [0.05, 0.1) is 37.3 Å². The number of aromatic nitrogens is 4. The number of hydrogen-bond donors (Lipinski definition) is 5. The lowest BCUT2D eigenvalue weighted by atomic mass is 9.89. The number of carbonyl (C=O) groups is 5. The van der Waals surface area contributed by atoms with Crippen LogP contribution in [0, 0.1) is 17.8 Å². The van der Waals surface area contributed by atoms with Crippen molar-refractivity contribution in [1.82, 2.24) is 35.9 Å². The number of nitrogens with one attached hydrogen (secondary N) is 5. The van der Waals surface area contributed by atoms with Gasteiger partial charge in [0.1, 0.15) is 0 Å². The van der Waals surface area contributed by atoms with E-state index in [4.69, 9.17) is 4.74 Å². The number of rotatable bonds is 29. The van der Waals surface area contributed by atoms with Crippen LogP contribution in [-0.2, 0) is 41.6 Å². The van der Waals surface area contributed by atoms with Gasteiger partial charge in [-0.05, 0) is 12.3 Å². The Morgan fingerprint density at radius 1 is 0.725 bits per heavy atom. The molecule has 0 radical (unpaired) electrons. The molecule has 0 unspecified atom stereocenters. The molecular formula is C38H63N7O6. The summed E-state index contributed by atoms with van der Waals surface area (Å²) in [6.07, 6.45) is 19.0. The van der Waals surface area contributed by atoms with Gasteiger partial charge in [0.15, 0.2) is 11.6 Å². The zero-order valence-corrected chi connectivity index (χ0v) is 31.6. The van der Waals surface area contributed by atoms with Crippen LogP contribution in [0.5, 0.6) is 0 Å². The molecule has 2 heterocycles. The molecule has 51 heavy (non-hydrogen) atoms. The Kier molecular flexibility index (Phi) is 21.3. The molecule has 0 aliphatic rings. The van der Waals surface area contributed by atoms with E-state index in [1.165, 1.54) is 71.1 Å². The number of carbonyl (C=O) groups excluding carboxylic acids is 5. The minimum atomic E-state index is -0.867. The molecule has 0 aromatic carbocycles. The van der Waals surface area contributed by atoms with E-state index in [0.717, 1.165) is 18.5 Å². The van der Waals surface area contributed by atoms with Crippen molar-refractivity contribution in [3.63, 3.8) is 0 Å². The van der Waals surface area contributed by atoms with Crippen molar-refractivity contribution in [2.75, 3.05) is 20.3 Å². The number of imidazole rings is 2. The maximum atomic E-state index is 13.5. The number of H-pyrrole nitrogens is 2. The van der Waals surface area contributed by atoms with Crippen LogP contribution in [0.3, 0.4) is 0 Å². The van der Waals surface area contributed by atoms with Crippen LogP contribution in [0.15, 0.2) is 25.0 Å². The molecule has 0 fully saturated rings. The van der Waals surface area contributed by atoms with Gasteiger partial charge >= 0.3 is 0 Å². The van der Waals surface area contributed by atoms with Crippen molar-refractivity contribution < 1.29 is 28.7 Å². The highest BCUT2D eigenvalue weighted by Gasteiger charge is 2.32. The quantitative estimate of drug-likeness (QED) is 0.0745. The zero-order chi connectivity index (χ0) is 37.4. The highest BCUT2D eigenvalue weighted by atomic mass is 16.5. The normalized spacial score (nSPS) is 13.7. The Balaban J connectivity index is 1.84. The molecule has 0 saturated carbocycles. The fraction of sp³-hybridized carbons (Fsp3) is 0.711. The molecule has 13 heteroatoms. The molecule has 286 valence electrons. The van der Waals surface area contributed by atoms with Gasteiger partial charge in [0, 0.05) is 75.5 Å². The molecule has 3 amide bonds. The summed E-state index contributed by atoms with van der Waals surface area (Å²) < 4.78 is 5.70. The first-order valence-corrected chi connectivity index (χ1v) is 18.9. The van der Waals surface area contributed by atoms with E-state index < -0.39 is 29.8 Å².